The van der Waals surface area contributed by atoms with Gasteiger partial charge in [-0.3, -0.25) is 0 Å². The maximum atomic E-state index is 10.1. The number of anilines is 1. The van der Waals surface area contributed by atoms with Gasteiger partial charge in [-0.2, -0.15) is 0 Å². The molecule has 0 aliphatic carbocycles. The van der Waals surface area contributed by atoms with Crippen LogP contribution in [0.4, 0.5) is 5.69 Å². The smallest absolute Gasteiger partial charge is 0.0758 e. The molecule has 0 saturated heterocycles. The minimum absolute atomic E-state index is 0.157. The molecule has 0 heterocycles. The van der Waals surface area contributed by atoms with Gasteiger partial charge in [-0.25, -0.2) is 0 Å². The minimum Gasteiger partial charge on any atom is -0.391 e. The Hall–Kier alpha value is -0.770. The van der Waals surface area contributed by atoms with Crippen LogP contribution in [0.3, 0.4) is 0 Å². The van der Waals surface area contributed by atoms with Crippen LogP contribution in [0.2, 0.25) is 5.02 Å². The molecule has 0 saturated carbocycles. The Morgan fingerprint density at radius 3 is 2.44 bits per heavy atom. The number of benzene rings is 1. The zero-order valence-electron chi connectivity index (χ0n) is 11.5. The molecule has 3 N–H and O–H groups in total. The standard InChI is InChI=1S/C14H23ClN2O/c1-5-9(2)14(18)13(16)11-7-6-10(17(3)4)8-12(11)15/h6-9,13-14,18H,5,16H2,1-4H3/t9?,13-,14+/m0/s1. The second kappa shape index (κ2) is 6.41. The van der Waals surface area contributed by atoms with Gasteiger partial charge in [-0.1, -0.05) is 37.9 Å². The number of aliphatic hydroxyl groups excluding tert-OH is 1. The van der Waals surface area contributed by atoms with E-state index < -0.39 is 12.1 Å². The van der Waals surface area contributed by atoms with Gasteiger partial charge in [0.05, 0.1) is 12.1 Å². The van der Waals surface area contributed by atoms with E-state index in [4.69, 9.17) is 17.3 Å². The first-order valence-electron chi connectivity index (χ1n) is 6.28. The molecule has 0 bridgehead atoms. The molecule has 0 aliphatic rings. The molecule has 0 amide bonds. The van der Waals surface area contributed by atoms with Crippen molar-refractivity contribution in [3.05, 3.63) is 28.8 Å². The molecule has 0 fully saturated rings. The molecule has 1 unspecified atom stereocenters. The van der Waals surface area contributed by atoms with Crippen molar-refractivity contribution in [3.8, 4) is 0 Å². The molecule has 0 radical (unpaired) electrons. The molecule has 4 heteroatoms. The van der Waals surface area contributed by atoms with Crippen molar-refractivity contribution < 1.29 is 5.11 Å². The van der Waals surface area contributed by atoms with Gasteiger partial charge in [0.1, 0.15) is 0 Å². The number of aliphatic hydroxyl groups is 1. The van der Waals surface area contributed by atoms with E-state index in [2.05, 4.69) is 0 Å². The highest BCUT2D eigenvalue weighted by Gasteiger charge is 2.23. The summed E-state index contributed by atoms with van der Waals surface area (Å²) >= 11 is 6.24. The molecule has 3 nitrogen and oxygen atoms in total. The summed E-state index contributed by atoms with van der Waals surface area (Å²) in [5.41, 5.74) is 7.92. The van der Waals surface area contributed by atoms with Crippen LogP contribution >= 0.6 is 11.6 Å². The second-order valence-corrected chi connectivity index (χ2v) is 5.41. The molecular weight excluding hydrogens is 248 g/mol. The molecule has 1 aromatic rings. The van der Waals surface area contributed by atoms with Gasteiger partial charge in [0.25, 0.3) is 0 Å². The Morgan fingerprint density at radius 1 is 1.39 bits per heavy atom. The maximum Gasteiger partial charge on any atom is 0.0758 e. The van der Waals surface area contributed by atoms with E-state index in [-0.39, 0.29) is 5.92 Å². The highest BCUT2D eigenvalue weighted by Crippen LogP contribution is 2.30. The summed E-state index contributed by atoms with van der Waals surface area (Å²) in [6, 6.07) is 5.29. The number of halogens is 1. The SMILES string of the molecule is CCC(C)[C@@H](O)[C@@H](N)c1ccc(N(C)C)cc1Cl. The normalized spacial score (nSPS) is 16.2. The number of hydrogen-bond donors (Lipinski definition) is 2. The van der Waals surface area contributed by atoms with Crippen molar-refractivity contribution in [1.82, 2.24) is 0 Å². The fourth-order valence-corrected chi connectivity index (χ4v) is 2.14. The largest absolute Gasteiger partial charge is 0.391 e. The summed E-state index contributed by atoms with van der Waals surface area (Å²) in [7, 11) is 3.92. The lowest BCUT2D eigenvalue weighted by molar-refractivity contribution is 0.0880. The minimum atomic E-state index is -0.572. The molecule has 18 heavy (non-hydrogen) atoms. The van der Waals surface area contributed by atoms with Crippen molar-refractivity contribution >= 4 is 17.3 Å². The van der Waals surface area contributed by atoms with E-state index in [0.29, 0.717) is 5.02 Å². The fourth-order valence-electron chi connectivity index (χ4n) is 1.84. The average molecular weight is 271 g/mol. The molecule has 0 aliphatic heterocycles. The number of nitrogens with two attached hydrogens (primary N) is 1. The lowest BCUT2D eigenvalue weighted by Gasteiger charge is -2.25. The van der Waals surface area contributed by atoms with Crippen LogP contribution in [0, 0.1) is 5.92 Å². The first-order chi connectivity index (χ1) is 8.38. The predicted octanol–water partition coefficient (Wildman–Crippen LogP) is 2.81. The highest BCUT2D eigenvalue weighted by atomic mass is 35.5. The van der Waals surface area contributed by atoms with Crippen LogP contribution in [0.5, 0.6) is 0 Å². The lowest BCUT2D eigenvalue weighted by atomic mass is 9.91. The molecule has 102 valence electrons. The summed E-state index contributed by atoms with van der Waals surface area (Å²) < 4.78 is 0. The molecular formula is C14H23ClN2O. The van der Waals surface area contributed by atoms with Crippen LogP contribution in [0.25, 0.3) is 0 Å². The van der Waals surface area contributed by atoms with Gasteiger partial charge in [0.15, 0.2) is 0 Å². The maximum absolute atomic E-state index is 10.1. The summed E-state index contributed by atoms with van der Waals surface area (Å²) in [6.45, 7) is 4.03. The van der Waals surface area contributed by atoms with Crippen LogP contribution in [0.15, 0.2) is 18.2 Å². The van der Waals surface area contributed by atoms with Crippen molar-refractivity contribution in [3.63, 3.8) is 0 Å². The van der Waals surface area contributed by atoms with Gasteiger partial charge in [-0.05, 0) is 23.6 Å². The third kappa shape index (κ3) is 3.37. The Balaban J connectivity index is 2.96. The third-order valence-corrected chi connectivity index (χ3v) is 3.78. The van der Waals surface area contributed by atoms with Gasteiger partial charge in [0.2, 0.25) is 0 Å². The van der Waals surface area contributed by atoms with Gasteiger partial charge in [0, 0.05) is 24.8 Å². The third-order valence-electron chi connectivity index (χ3n) is 3.45. The molecule has 1 aromatic carbocycles. The first kappa shape index (κ1) is 15.3. The van der Waals surface area contributed by atoms with Gasteiger partial charge >= 0.3 is 0 Å². The highest BCUT2D eigenvalue weighted by molar-refractivity contribution is 6.31. The summed E-state index contributed by atoms with van der Waals surface area (Å²) in [5.74, 6) is 0.157. The zero-order valence-corrected chi connectivity index (χ0v) is 12.3. The Morgan fingerprint density at radius 2 is 2.00 bits per heavy atom. The van der Waals surface area contributed by atoms with Crippen molar-refractivity contribution in [2.75, 3.05) is 19.0 Å². The Kier molecular flexibility index (Phi) is 5.45. The zero-order chi connectivity index (χ0) is 13.9. The molecule has 0 spiro atoms. The quantitative estimate of drug-likeness (QED) is 0.865. The monoisotopic (exact) mass is 270 g/mol. The summed E-state index contributed by atoms with van der Waals surface area (Å²) in [4.78, 5) is 1.98. The second-order valence-electron chi connectivity index (χ2n) is 5.00. The van der Waals surface area contributed by atoms with Crippen molar-refractivity contribution in [1.29, 1.82) is 0 Å². The molecule has 3 atom stereocenters. The average Bonchev–Trinajstić information content (AvgIpc) is 2.35. The molecule has 0 aromatic heterocycles. The van der Waals surface area contributed by atoms with E-state index >= 15 is 0 Å². The number of hydrogen-bond acceptors (Lipinski definition) is 3. The van der Waals surface area contributed by atoms with Gasteiger partial charge in [-0.15, -0.1) is 0 Å². The summed E-state index contributed by atoms with van der Waals surface area (Å²) in [6.07, 6.45) is 0.320. The first-order valence-corrected chi connectivity index (χ1v) is 6.66. The van der Waals surface area contributed by atoms with Crippen molar-refractivity contribution in [2.24, 2.45) is 11.7 Å². The number of nitrogens with zero attached hydrogens (tertiary/aromatic N) is 1. The van der Waals surface area contributed by atoms with Crippen LogP contribution in [0.1, 0.15) is 31.9 Å². The summed E-state index contributed by atoms with van der Waals surface area (Å²) in [5, 5.41) is 10.8. The topological polar surface area (TPSA) is 49.5 Å². The Labute approximate surface area is 115 Å². The lowest BCUT2D eigenvalue weighted by Crippen LogP contribution is -2.31. The number of rotatable bonds is 5. The van der Waals surface area contributed by atoms with Crippen LogP contribution in [-0.4, -0.2) is 25.3 Å². The van der Waals surface area contributed by atoms with E-state index in [1.807, 2.05) is 51.0 Å². The van der Waals surface area contributed by atoms with Crippen LogP contribution < -0.4 is 10.6 Å². The van der Waals surface area contributed by atoms with E-state index in [1.165, 1.54) is 0 Å². The van der Waals surface area contributed by atoms with Gasteiger partial charge < -0.3 is 15.7 Å². The van der Waals surface area contributed by atoms with Crippen molar-refractivity contribution in [2.45, 2.75) is 32.4 Å². The van der Waals surface area contributed by atoms with E-state index in [0.717, 1.165) is 17.7 Å². The fraction of sp³-hybridized carbons (Fsp3) is 0.571. The Bertz CT molecular complexity index is 395. The predicted molar refractivity (Wildman–Crippen MR) is 78.2 cm³/mol. The van der Waals surface area contributed by atoms with Crippen LogP contribution in [-0.2, 0) is 0 Å². The van der Waals surface area contributed by atoms with E-state index in [1.54, 1.807) is 0 Å². The van der Waals surface area contributed by atoms with E-state index in [9.17, 15) is 5.11 Å². The molecule has 1 rings (SSSR count).